The first-order chi connectivity index (χ1) is 21.1. The van der Waals surface area contributed by atoms with Gasteiger partial charge in [-0.2, -0.15) is 0 Å². The van der Waals surface area contributed by atoms with Crippen LogP contribution in [0.4, 0.5) is 4.39 Å². The van der Waals surface area contributed by atoms with E-state index in [9.17, 15) is 4.39 Å². The number of fused-ring (bicyclic) bond motifs is 1. The summed E-state index contributed by atoms with van der Waals surface area (Å²) in [7, 11) is 0. The van der Waals surface area contributed by atoms with Crippen molar-refractivity contribution in [3.63, 3.8) is 0 Å². The van der Waals surface area contributed by atoms with Crippen LogP contribution in [0.1, 0.15) is 29.7 Å². The molecule has 0 aliphatic rings. The highest BCUT2D eigenvalue weighted by Gasteiger charge is 2.18. The second kappa shape index (κ2) is 11.3. The Hall–Kier alpha value is -5.63. The molecule has 0 spiro atoms. The molecule has 0 radical (unpaired) electrons. The van der Waals surface area contributed by atoms with Crippen molar-refractivity contribution >= 4 is 10.9 Å². The number of ether oxygens (including phenoxy) is 1. The van der Waals surface area contributed by atoms with Crippen molar-refractivity contribution < 1.29 is 9.13 Å². The van der Waals surface area contributed by atoms with Gasteiger partial charge >= 0.3 is 0 Å². The van der Waals surface area contributed by atoms with Gasteiger partial charge in [-0.3, -0.25) is 0 Å². The average Bonchev–Trinajstić information content (AvgIpc) is 3.76. The number of hydrogen-bond donors (Lipinski definition) is 0. The molecule has 7 rings (SSSR count). The van der Waals surface area contributed by atoms with E-state index in [-0.39, 0.29) is 11.9 Å². The molecule has 0 saturated heterocycles. The van der Waals surface area contributed by atoms with Gasteiger partial charge in [-0.1, -0.05) is 65.9 Å². The molecule has 0 aliphatic heterocycles. The summed E-state index contributed by atoms with van der Waals surface area (Å²) in [6, 6.07) is 32.6. The Morgan fingerprint density at radius 1 is 0.884 bits per heavy atom. The highest BCUT2D eigenvalue weighted by Crippen LogP contribution is 2.35. The summed E-state index contributed by atoms with van der Waals surface area (Å²) in [5.41, 5.74) is 6.17. The molecule has 0 bridgehead atoms. The predicted octanol–water partition coefficient (Wildman–Crippen LogP) is 7.81. The summed E-state index contributed by atoms with van der Waals surface area (Å²) >= 11 is 0. The SMILES string of the molecule is CC(c1cc(F)ccc1Oc1nc2ccc(-n3cc(-c4ccccc4)nn3)cc2cc1Cc1ccccc1)n1ccnc1. The normalized spacial score (nSPS) is 12.0. The number of imidazole rings is 1. The first-order valence-corrected chi connectivity index (χ1v) is 14.0. The fraction of sp³-hybridized carbons (Fsp3) is 0.0857. The lowest BCUT2D eigenvalue weighted by molar-refractivity contribution is 0.443. The second-order valence-corrected chi connectivity index (χ2v) is 10.4. The van der Waals surface area contributed by atoms with Gasteiger partial charge in [0.15, 0.2) is 0 Å². The number of rotatable bonds is 8. The minimum absolute atomic E-state index is 0.197. The molecule has 7 aromatic rings. The second-order valence-electron chi connectivity index (χ2n) is 10.4. The lowest BCUT2D eigenvalue weighted by atomic mass is 10.0. The Kier molecular flexibility index (Phi) is 6.92. The van der Waals surface area contributed by atoms with Crippen molar-refractivity contribution in [3.8, 4) is 28.6 Å². The highest BCUT2D eigenvalue weighted by atomic mass is 19.1. The van der Waals surface area contributed by atoms with Gasteiger partial charge in [0.2, 0.25) is 5.88 Å². The van der Waals surface area contributed by atoms with E-state index >= 15 is 0 Å². The topological polar surface area (TPSA) is 70.7 Å². The summed E-state index contributed by atoms with van der Waals surface area (Å²) in [6.45, 7) is 1.98. The predicted molar refractivity (Wildman–Crippen MR) is 164 cm³/mol. The maximum absolute atomic E-state index is 14.4. The molecular weight excluding hydrogens is 539 g/mol. The third kappa shape index (κ3) is 5.50. The fourth-order valence-corrected chi connectivity index (χ4v) is 5.20. The van der Waals surface area contributed by atoms with Crippen LogP contribution in [0.2, 0.25) is 0 Å². The minimum atomic E-state index is -0.332. The molecule has 3 aromatic heterocycles. The van der Waals surface area contributed by atoms with E-state index in [2.05, 4.69) is 39.6 Å². The van der Waals surface area contributed by atoms with E-state index in [4.69, 9.17) is 9.72 Å². The van der Waals surface area contributed by atoms with Crippen LogP contribution in [0.5, 0.6) is 11.6 Å². The zero-order valence-electron chi connectivity index (χ0n) is 23.4. The van der Waals surface area contributed by atoms with Crippen molar-refractivity contribution in [2.24, 2.45) is 0 Å². The van der Waals surface area contributed by atoms with E-state index in [0.29, 0.717) is 23.6 Å². The monoisotopic (exact) mass is 566 g/mol. The molecule has 8 heteroatoms. The van der Waals surface area contributed by atoms with Crippen molar-refractivity contribution in [3.05, 3.63) is 151 Å². The van der Waals surface area contributed by atoms with Crippen LogP contribution < -0.4 is 4.74 Å². The van der Waals surface area contributed by atoms with Crippen LogP contribution in [0.25, 0.3) is 27.8 Å². The third-order valence-electron chi connectivity index (χ3n) is 7.50. The molecule has 7 nitrogen and oxygen atoms in total. The molecule has 43 heavy (non-hydrogen) atoms. The van der Waals surface area contributed by atoms with Crippen LogP contribution in [0.3, 0.4) is 0 Å². The Bertz CT molecular complexity index is 2010. The van der Waals surface area contributed by atoms with E-state index in [1.807, 2.05) is 84.5 Å². The maximum atomic E-state index is 14.4. The lowest BCUT2D eigenvalue weighted by Crippen LogP contribution is -2.07. The van der Waals surface area contributed by atoms with Crippen LogP contribution in [0, 0.1) is 5.82 Å². The molecule has 1 unspecified atom stereocenters. The molecule has 0 amide bonds. The number of benzene rings is 4. The van der Waals surface area contributed by atoms with Crippen molar-refractivity contribution in [1.29, 1.82) is 0 Å². The highest BCUT2D eigenvalue weighted by molar-refractivity contribution is 5.82. The van der Waals surface area contributed by atoms with Gasteiger partial charge in [-0.25, -0.2) is 19.0 Å². The smallest absolute Gasteiger partial charge is 0.223 e. The Labute approximate surface area is 247 Å². The first-order valence-electron chi connectivity index (χ1n) is 14.0. The minimum Gasteiger partial charge on any atom is -0.438 e. The molecule has 4 aromatic carbocycles. The molecule has 0 fully saturated rings. The number of pyridine rings is 1. The van der Waals surface area contributed by atoms with Crippen LogP contribution in [0.15, 0.2) is 128 Å². The van der Waals surface area contributed by atoms with Gasteiger partial charge in [-0.05, 0) is 55.0 Å². The van der Waals surface area contributed by atoms with Crippen molar-refractivity contribution in [1.82, 2.24) is 29.5 Å². The number of halogens is 1. The number of nitrogens with zero attached hydrogens (tertiary/aromatic N) is 6. The molecule has 3 heterocycles. The molecule has 0 N–H and O–H groups in total. The van der Waals surface area contributed by atoms with E-state index in [1.54, 1.807) is 23.3 Å². The summed E-state index contributed by atoms with van der Waals surface area (Å²) < 4.78 is 24.6. The van der Waals surface area contributed by atoms with Gasteiger partial charge in [0.1, 0.15) is 17.3 Å². The first kappa shape index (κ1) is 26.3. The molecule has 1 atom stereocenters. The Balaban J connectivity index is 1.29. The van der Waals surface area contributed by atoms with Crippen molar-refractivity contribution in [2.75, 3.05) is 0 Å². The zero-order chi connectivity index (χ0) is 29.2. The lowest BCUT2D eigenvalue weighted by Gasteiger charge is -2.19. The van der Waals surface area contributed by atoms with Gasteiger partial charge in [0.25, 0.3) is 0 Å². The van der Waals surface area contributed by atoms with E-state index < -0.39 is 0 Å². The number of hydrogen-bond acceptors (Lipinski definition) is 5. The van der Waals surface area contributed by atoms with Crippen LogP contribution >= 0.6 is 0 Å². The summed E-state index contributed by atoms with van der Waals surface area (Å²) in [4.78, 5) is 9.11. The maximum Gasteiger partial charge on any atom is 0.223 e. The Morgan fingerprint density at radius 3 is 2.49 bits per heavy atom. The zero-order valence-corrected chi connectivity index (χ0v) is 23.4. The van der Waals surface area contributed by atoms with Crippen LogP contribution in [-0.4, -0.2) is 29.5 Å². The molecule has 0 saturated carbocycles. The summed E-state index contributed by atoms with van der Waals surface area (Å²) in [5.74, 6) is 0.680. The third-order valence-corrected chi connectivity index (χ3v) is 7.50. The van der Waals surface area contributed by atoms with Gasteiger partial charge in [0, 0.05) is 40.9 Å². The van der Waals surface area contributed by atoms with E-state index in [0.717, 1.165) is 39.0 Å². The average molecular weight is 567 g/mol. The van der Waals surface area contributed by atoms with Gasteiger partial charge in [-0.15, -0.1) is 5.10 Å². The van der Waals surface area contributed by atoms with E-state index in [1.165, 1.54) is 12.1 Å². The molecule has 210 valence electrons. The summed E-state index contributed by atoms with van der Waals surface area (Å²) in [6.07, 6.45) is 7.80. The largest absolute Gasteiger partial charge is 0.438 e. The van der Waals surface area contributed by atoms with Crippen LogP contribution in [-0.2, 0) is 6.42 Å². The van der Waals surface area contributed by atoms with Gasteiger partial charge in [0.05, 0.1) is 29.8 Å². The molecular formula is C35H27FN6O. The quantitative estimate of drug-likeness (QED) is 0.188. The van der Waals surface area contributed by atoms with Crippen molar-refractivity contribution in [2.45, 2.75) is 19.4 Å². The standard InChI is InChI=1S/C35H27FN6O/c1-24(41-17-16-37-23-41)31-21-29(36)12-15-34(31)43-35-28(18-25-8-4-2-5-9-25)19-27-20-30(13-14-32(27)38-35)42-22-33(39-40-42)26-10-6-3-7-11-26/h2-17,19-24H,18H2,1H3. The van der Waals surface area contributed by atoms with Gasteiger partial charge < -0.3 is 9.30 Å². The Morgan fingerprint density at radius 2 is 1.70 bits per heavy atom. The number of aromatic nitrogens is 6. The molecule has 0 aliphatic carbocycles. The summed E-state index contributed by atoms with van der Waals surface area (Å²) in [5, 5.41) is 9.68. The fourth-order valence-electron chi connectivity index (χ4n) is 5.20.